The molecular weight excluding hydrogens is 232 g/mol. The fraction of sp³-hybridized carbons (Fsp3) is 0.231. The van der Waals surface area contributed by atoms with Crippen molar-refractivity contribution in [1.29, 1.82) is 0 Å². The van der Waals surface area contributed by atoms with E-state index in [9.17, 15) is 5.11 Å². The van der Waals surface area contributed by atoms with Crippen LogP contribution in [0.15, 0.2) is 36.7 Å². The molecule has 0 amide bonds. The maximum atomic E-state index is 9.37. The number of aliphatic hydroxyl groups is 1. The molecule has 0 radical (unpaired) electrons. The first-order valence-electron chi connectivity index (χ1n) is 5.57. The average molecular weight is 246 g/mol. The first-order chi connectivity index (χ1) is 8.65. The molecule has 1 atom stereocenters. The van der Waals surface area contributed by atoms with Gasteiger partial charge < -0.3 is 14.9 Å². The van der Waals surface area contributed by atoms with Crippen LogP contribution in [0, 0.1) is 0 Å². The molecule has 0 fully saturated rings. The lowest BCUT2D eigenvalue weighted by Gasteiger charge is -2.07. The summed E-state index contributed by atoms with van der Waals surface area (Å²) < 4.78 is 5.26. The van der Waals surface area contributed by atoms with Gasteiger partial charge in [0.15, 0.2) is 11.6 Å². The van der Waals surface area contributed by atoms with E-state index in [0.717, 1.165) is 5.56 Å². The molecule has 0 saturated carbocycles. The molecule has 18 heavy (non-hydrogen) atoms. The Hall–Kier alpha value is -2.14. The highest BCUT2D eigenvalue weighted by Crippen LogP contribution is 2.20. The Morgan fingerprint density at radius 2 is 2.00 bits per heavy atom. The number of hydrogen-bond donors (Lipinski definition) is 2. The van der Waals surface area contributed by atoms with E-state index < -0.39 is 6.10 Å². The first kappa shape index (κ1) is 12.3. The molecular formula is C13H14N2O3. The van der Waals surface area contributed by atoms with E-state index in [1.807, 2.05) is 6.07 Å². The number of hydrogen-bond acceptors (Lipinski definition) is 5. The zero-order chi connectivity index (χ0) is 13.0. The third-order valence-electron chi connectivity index (χ3n) is 2.22. The molecule has 0 aliphatic rings. The van der Waals surface area contributed by atoms with Crippen molar-refractivity contribution in [3.8, 4) is 22.9 Å². The van der Waals surface area contributed by atoms with E-state index in [-0.39, 0.29) is 12.4 Å². The second kappa shape index (κ2) is 5.46. The number of phenols is 1. The minimum Gasteiger partial charge on any atom is -0.508 e. The normalized spacial score (nSPS) is 12.1. The van der Waals surface area contributed by atoms with Gasteiger partial charge in [0.2, 0.25) is 0 Å². The Morgan fingerprint density at radius 1 is 1.28 bits per heavy atom. The molecule has 0 bridgehead atoms. The minimum atomic E-state index is -0.532. The van der Waals surface area contributed by atoms with Gasteiger partial charge >= 0.3 is 0 Å². The number of aromatic hydroxyl groups is 1. The van der Waals surface area contributed by atoms with Crippen LogP contribution in [0.25, 0.3) is 11.4 Å². The summed E-state index contributed by atoms with van der Waals surface area (Å²) in [6, 6.07) is 6.71. The van der Waals surface area contributed by atoms with Crippen LogP contribution >= 0.6 is 0 Å². The van der Waals surface area contributed by atoms with Crippen LogP contribution in [0.5, 0.6) is 11.5 Å². The minimum absolute atomic E-state index is 0.172. The number of rotatable bonds is 4. The predicted molar refractivity (Wildman–Crippen MR) is 66.3 cm³/mol. The highest BCUT2D eigenvalue weighted by atomic mass is 16.5. The van der Waals surface area contributed by atoms with Crippen LogP contribution in [-0.4, -0.2) is 32.9 Å². The first-order valence-corrected chi connectivity index (χ1v) is 5.57. The summed E-state index contributed by atoms with van der Waals surface area (Å²) in [5.74, 6) is 1.18. The summed E-state index contributed by atoms with van der Waals surface area (Å²) in [6.07, 6.45) is 2.54. The molecule has 2 rings (SSSR count). The summed E-state index contributed by atoms with van der Waals surface area (Å²) in [5, 5.41) is 18.4. The molecule has 0 aliphatic heterocycles. The Balaban J connectivity index is 2.12. The lowest BCUT2D eigenvalue weighted by Crippen LogP contribution is -2.13. The molecule has 2 aromatic rings. The standard InChI is InChI=1S/C13H14N2O3/c1-9(16)8-18-12-6-14-13(15-7-12)10-3-2-4-11(17)5-10/h2-7,9,16-17H,8H2,1H3. The molecule has 94 valence electrons. The third kappa shape index (κ3) is 3.18. The predicted octanol–water partition coefficient (Wildman–Crippen LogP) is 1.61. The number of ether oxygens (including phenoxy) is 1. The summed E-state index contributed by atoms with van der Waals surface area (Å²) >= 11 is 0. The molecule has 1 heterocycles. The second-order valence-electron chi connectivity index (χ2n) is 3.95. The van der Waals surface area contributed by atoms with E-state index in [1.165, 1.54) is 12.4 Å². The van der Waals surface area contributed by atoms with Crippen molar-refractivity contribution in [2.45, 2.75) is 13.0 Å². The zero-order valence-corrected chi connectivity index (χ0v) is 9.95. The largest absolute Gasteiger partial charge is 0.508 e. The number of aromatic nitrogens is 2. The van der Waals surface area contributed by atoms with E-state index in [0.29, 0.717) is 11.6 Å². The highest BCUT2D eigenvalue weighted by molar-refractivity contribution is 5.57. The molecule has 5 nitrogen and oxygen atoms in total. The van der Waals surface area contributed by atoms with Crippen LogP contribution in [-0.2, 0) is 0 Å². The third-order valence-corrected chi connectivity index (χ3v) is 2.22. The van der Waals surface area contributed by atoms with Crippen LogP contribution in [0.1, 0.15) is 6.92 Å². The zero-order valence-electron chi connectivity index (χ0n) is 9.95. The second-order valence-corrected chi connectivity index (χ2v) is 3.95. The van der Waals surface area contributed by atoms with Gasteiger partial charge in [0.05, 0.1) is 18.5 Å². The summed E-state index contributed by atoms with van der Waals surface area (Å²) in [6.45, 7) is 1.84. The van der Waals surface area contributed by atoms with Gasteiger partial charge in [0.25, 0.3) is 0 Å². The van der Waals surface area contributed by atoms with Gasteiger partial charge in [-0.15, -0.1) is 0 Å². The van der Waals surface area contributed by atoms with Crippen LogP contribution in [0.2, 0.25) is 0 Å². The topological polar surface area (TPSA) is 75.5 Å². The molecule has 0 spiro atoms. The molecule has 1 aromatic heterocycles. The molecule has 5 heteroatoms. The average Bonchev–Trinajstić information content (AvgIpc) is 2.37. The summed E-state index contributed by atoms with van der Waals surface area (Å²) in [4.78, 5) is 8.28. The maximum Gasteiger partial charge on any atom is 0.159 e. The number of benzene rings is 1. The molecule has 0 saturated heterocycles. The fourth-order valence-electron chi connectivity index (χ4n) is 1.40. The van der Waals surface area contributed by atoms with Crippen LogP contribution < -0.4 is 4.74 Å². The van der Waals surface area contributed by atoms with Crippen molar-refractivity contribution < 1.29 is 14.9 Å². The van der Waals surface area contributed by atoms with Crippen LogP contribution in [0.4, 0.5) is 0 Å². The highest BCUT2D eigenvalue weighted by Gasteiger charge is 2.03. The van der Waals surface area contributed by atoms with E-state index in [1.54, 1.807) is 25.1 Å². The van der Waals surface area contributed by atoms with Gasteiger partial charge in [-0.2, -0.15) is 0 Å². The lowest BCUT2D eigenvalue weighted by molar-refractivity contribution is 0.122. The maximum absolute atomic E-state index is 9.37. The van der Waals surface area contributed by atoms with Gasteiger partial charge in [-0.3, -0.25) is 0 Å². The smallest absolute Gasteiger partial charge is 0.159 e. The Bertz CT molecular complexity index is 512. The monoisotopic (exact) mass is 246 g/mol. The Morgan fingerprint density at radius 3 is 2.61 bits per heavy atom. The number of phenolic OH excluding ortho intramolecular Hbond substituents is 1. The van der Waals surface area contributed by atoms with Gasteiger partial charge in [-0.05, 0) is 19.1 Å². The number of aliphatic hydroxyl groups excluding tert-OH is 1. The van der Waals surface area contributed by atoms with Crippen molar-refractivity contribution in [1.82, 2.24) is 9.97 Å². The van der Waals surface area contributed by atoms with Crippen molar-refractivity contribution >= 4 is 0 Å². The number of nitrogens with zero attached hydrogens (tertiary/aromatic N) is 2. The van der Waals surface area contributed by atoms with E-state index in [2.05, 4.69) is 9.97 Å². The summed E-state index contributed by atoms with van der Waals surface area (Å²) in [7, 11) is 0. The van der Waals surface area contributed by atoms with Crippen molar-refractivity contribution in [2.75, 3.05) is 6.61 Å². The van der Waals surface area contributed by atoms with Crippen molar-refractivity contribution in [3.63, 3.8) is 0 Å². The lowest BCUT2D eigenvalue weighted by atomic mass is 10.2. The molecule has 1 aromatic carbocycles. The molecule has 2 N–H and O–H groups in total. The molecule has 0 aliphatic carbocycles. The Labute approximate surface area is 105 Å². The van der Waals surface area contributed by atoms with Gasteiger partial charge in [0, 0.05) is 5.56 Å². The van der Waals surface area contributed by atoms with Gasteiger partial charge in [0.1, 0.15) is 12.4 Å². The SMILES string of the molecule is CC(O)COc1cnc(-c2cccc(O)c2)nc1. The Kier molecular flexibility index (Phi) is 3.74. The molecule has 1 unspecified atom stereocenters. The van der Waals surface area contributed by atoms with E-state index >= 15 is 0 Å². The fourth-order valence-corrected chi connectivity index (χ4v) is 1.40. The van der Waals surface area contributed by atoms with Crippen molar-refractivity contribution in [2.24, 2.45) is 0 Å². The quantitative estimate of drug-likeness (QED) is 0.857. The van der Waals surface area contributed by atoms with E-state index in [4.69, 9.17) is 9.84 Å². The summed E-state index contributed by atoms with van der Waals surface area (Å²) in [5.41, 5.74) is 0.733. The van der Waals surface area contributed by atoms with Crippen molar-refractivity contribution in [3.05, 3.63) is 36.7 Å². The van der Waals surface area contributed by atoms with Gasteiger partial charge in [-0.1, -0.05) is 12.1 Å². The van der Waals surface area contributed by atoms with Crippen LogP contribution in [0.3, 0.4) is 0 Å². The van der Waals surface area contributed by atoms with Gasteiger partial charge in [-0.25, -0.2) is 9.97 Å².